The van der Waals surface area contributed by atoms with E-state index < -0.39 is 0 Å². The van der Waals surface area contributed by atoms with E-state index in [0.29, 0.717) is 5.82 Å². The van der Waals surface area contributed by atoms with Gasteiger partial charge in [-0.05, 0) is 58.7 Å². The highest BCUT2D eigenvalue weighted by molar-refractivity contribution is 6.20. The highest BCUT2D eigenvalue weighted by Crippen LogP contribution is 2.41. The van der Waals surface area contributed by atoms with Crippen LogP contribution in [0.2, 0.25) is 0 Å². The summed E-state index contributed by atoms with van der Waals surface area (Å²) in [6, 6.07) is 46.5. The number of aromatic nitrogens is 3. The number of nitrogens with zero attached hydrogens (tertiary/aromatic N) is 3. The van der Waals surface area contributed by atoms with E-state index in [0.717, 1.165) is 88.3 Å². The van der Waals surface area contributed by atoms with E-state index in [-0.39, 0.29) is 0 Å². The number of rotatable bonds is 6. The number of benzene rings is 6. The SMILES string of the molecule is C=C/C=C\C=C(/C)c1nc(-c2ccc(-c3ccc(-c4nc5cc6ccccc6cc5c5oc6ccccc6c45)cc3)cc2)c2ccccc2n1. The van der Waals surface area contributed by atoms with Crippen molar-refractivity contribution in [2.24, 2.45) is 0 Å². The van der Waals surface area contributed by atoms with E-state index in [1.54, 1.807) is 6.08 Å². The molecule has 9 aromatic rings. The predicted molar refractivity (Wildman–Crippen MR) is 209 cm³/mol. The summed E-state index contributed by atoms with van der Waals surface area (Å²) in [7, 11) is 0. The van der Waals surface area contributed by atoms with Crippen LogP contribution in [0.5, 0.6) is 0 Å². The molecule has 0 aliphatic heterocycles. The minimum Gasteiger partial charge on any atom is -0.455 e. The Morgan fingerprint density at radius 1 is 0.560 bits per heavy atom. The Hall–Kier alpha value is -6.65. The van der Waals surface area contributed by atoms with E-state index in [2.05, 4.69) is 110 Å². The molecule has 50 heavy (non-hydrogen) atoms. The van der Waals surface area contributed by atoms with Gasteiger partial charge in [0.2, 0.25) is 0 Å². The molecule has 4 nitrogen and oxygen atoms in total. The molecule has 0 N–H and O–H groups in total. The molecule has 0 unspecified atom stereocenters. The number of hydrogen-bond acceptors (Lipinski definition) is 4. The molecule has 3 aromatic heterocycles. The molecular weight excluding hydrogens is 611 g/mol. The summed E-state index contributed by atoms with van der Waals surface area (Å²) in [6.45, 7) is 5.79. The molecule has 0 aliphatic carbocycles. The van der Waals surface area contributed by atoms with Gasteiger partial charge in [-0.25, -0.2) is 15.0 Å². The molecule has 0 saturated carbocycles. The molecule has 0 saturated heterocycles. The number of fused-ring (bicyclic) bond motifs is 7. The van der Waals surface area contributed by atoms with Crippen molar-refractivity contribution in [3.8, 4) is 33.6 Å². The summed E-state index contributed by atoms with van der Waals surface area (Å²) in [6.07, 6.45) is 7.63. The normalized spacial score (nSPS) is 12.2. The van der Waals surface area contributed by atoms with Crippen molar-refractivity contribution >= 4 is 60.1 Å². The molecule has 0 radical (unpaired) electrons. The van der Waals surface area contributed by atoms with Crippen molar-refractivity contribution < 1.29 is 4.42 Å². The van der Waals surface area contributed by atoms with Crippen LogP contribution in [0.3, 0.4) is 0 Å². The molecule has 0 atom stereocenters. The number of hydrogen-bond donors (Lipinski definition) is 0. The second kappa shape index (κ2) is 12.1. The standard InChI is InChI=1S/C46H31N3O/c1-3-4-5-12-29(2)46-48-39-17-10-8-15-36(39)43(49-46)32-23-19-30(20-24-32)31-21-25-33(26-22-31)44-42-37-16-9-11-18-41(37)50-45(42)38-27-34-13-6-7-14-35(34)28-40(38)47-44/h3-28H,1H2,2H3/b5-4-,29-12+. The molecule has 9 rings (SSSR count). The Morgan fingerprint density at radius 2 is 1.18 bits per heavy atom. The molecule has 0 amide bonds. The molecule has 0 spiro atoms. The molecule has 6 aromatic carbocycles. The first-order valence-corrected chi connectivity index (χ1v) is 16.7. The highest BCUT2D eigenvalue weighted by Gasteiger charge is 2.18. The van der Waals surface area contributed by atoms with Gasteiger partial charge in [-0.3, -0.25) is 0 Å². The van der Waals surface area contributed by atoms with Crippen LogP contribution in [0.15, 0.2) is 169 Å². The van der Waals surface area contributed by atoms with Crippen LogP contribution < -0.4 is 0 Å². The average molecular weight is 642 g/mol. The smallest absolute Gasteiger partial charge is 0.156 e. The van der Waals surface area contributed by atoms with Gasteiger partial charge in [-0.2, -0.15) is 0 Å². The van der Waals surface area contributed by atoms with E-state index >= 15 is 0 Å². The first-order valence-electron chi connectivity index (χ1n) is 16.7. The van der Waals surface area contributed by atoms with Gasteiger partial charge >= 0.3 is 0 Å². The Labute approximate surface area is 289 Å². The Kier molecular flexibility index (Phi) is 7.14. The maximum atomic E-state index is 6.53. The first kappa shape index (κ1) is 29.5. The van der Waals surface area contributed by atoms with Crippen LogP contribution in [0, 0.1) is 0 Å². The molecule has 0 fully saturated rings. The summed E-state index contributed by atoms with van der Waals surface area (Å²) >= 11 is 0. The lowest BCUT2D eigenvalue weighted by atomic mass is 9.97. The predicted octanol–water partition coefficient (Wildman–Crippen LogP) is 12.4. The summed E-state index contributed by atoms with van der Waals surface area (Å²) < 4.78 is 6.53. The zero-order valence-electron chi connectivity index (χ0n) is 27.5. The topological polar surface area (TPSA) is 51.8 Å². The van der Waals surface area contributed by atoms with Crippen molar-refractivity contribution in [1.29, 1.82) is 0 Å². The number of para-hydroxylation sites is 2. The minimum absolute atomic E-state index is 0.710. The summed E-state index contributed by atoms with van der Waals surface area (Å²) in [5.41, 5.74) is 10.7. The largest absolute Gasteiger partial charge is 0.455 e. The Bertz CT molecular complexity index is 2820. The maximum Gasteiger partial charge on any atom is 0.156 e. The third kappa shape index (κ3) is 5.06. The summed E-state index contributed by atoms with van der Waals surface area (Å²) in [5, 5.41) is 6.49. The quantitative estimate of drug-likeness (QED) is 0.134. The van der Waals surface area contributed by atoms with Gasteiger partial charge in [-0.1, -0.05) is 140 Å². The molecule has 0 aliphatic rings. The van der Waals surface area contributed by atoms with E-state index in [1.165, 1.54) is 5.39 Å². The van der Waals surface area contributed by atoms with Crippen molar-refractivity contribution in [3.05, 3.63) is 170 Å². The fourth-order valence-corrected chi connectivity index (χ4v) is 6.83. The Morgan fingerprint density at radius 3 is 1.92 bits per heavy atom. The van der Waals surface area contributed by atoms with Gasteiger partial charge in [0.05, 0.1) is 27.8 Å². The van der Waals surface area contributed by atoms with E-state index in [4.69, 9.17) is 19.4 Å². The third-order valence-corrected chi connectivity index (χ3v) is 9.37. The zero-order valence-corrected chi connectivity index (χ0v) is 27.5. The van der Waals surface area contributed by atoms with Crippen LogP contribution in [-0.4, -0.2) is 15.0 Å². The average Bonchev–Trinajstić information content (AvgIpc) is 3.57. The molecule has 0 bridgehead atoms. The molecule has 236 valence electrons. The number of allylic oxidation sites excluding steroid dienone is 5. The van der Waals surface area contributed by atoms with Gasteiger partial charge in [-0.15, -0.1) is 0 Å². The lowest BCUT2D eigenvalue weighted by molar-refractivity contribution is 0.672. The number of furan rings is 1. The molecule has 4 heteroatoms. The highest BCUT2D eigenvalue weighted by atomic mass is 16.3. The van der Waals surface area contributed by atoms with Crippen LogP contribution in [0.1, 0.15) is 12.7 Å². The lowest BCUT2D eigenvalue weighted by Crippen LogP contribution is -1.97. The molecule has 3 heterocycles. The maximum absolute atomic E-state index is 6.53. The van der Waals surface area contributed by atoms with E-state index in [1.807, 2.05) is 55.5 Å². The minimum atomic E-state index is 0.710. The summed E-state index contributed by atoms with van der Waals surface area (Å²) in [4.78, 5) is 15.1. The van der Waals surface area contributed by atoms with Gasteiger partial charge in [0.25, 0.3) is 0 Å². The van der Waals surface area contributed by atoms with Gasteiger partial charge in [0, 0.05) is 27.3 Å². The first-order chi connectivity index (χ1) is 24.6. The van der Waals surface area contributed by atoms with Crippen molar-refractivity contribution in [3.63, 3.8) is 0 Å². The second-order valence-electron chi connectivity index (χ2n) is 12.5. The van der Waals surface area contributed by atoms with Crippen molar-refractivity contribution in [2.45, 2.75) is 6.92 Å². The second-order valence-corrected chi connectivity index (χ2v) is 12.5. The zero-order chi connectivity index (χ0) is 33.6. The van der Waals surface area contributed by atoms with Crippen molar-refractivity contribution in [1.82, 2.24) is 15.0 Å². The number of pyridine rings is 1. The van der Waals surface area contributed by atoms with Crippen LogP contribution >= 0.6 is 0 Å². The van der Waals surface area contributed by atoms with Gasteiger partial charge in [0.15, 0.2) is 5.82 Å². The monoisotopic (exact) mass is 641 g/mol. The van der Waals surface area contributed by atoms with Crippen LogP contribution in [0.4, 0.5) is 0 Å². The lowest BCUT2D eigenvalue weighted by Gasteiger charge is -2.11. The van der Waals surface area contributed by atoms with Gasteiger partial charge in [0.1, 0.15) is 11.2 Å². The van der Waals surface area contributed by atoms with Crippen LogP contribution in [-0.2, 0) is 0 Å². The summed E-state index contributed by atoms with van der Waals surface area (Å²) in [5.74, 6) is 0.710. The fraction of sp³-hybridized carbons (Fsp3) is 0.0217. The van der Waals surface area contributed by atoms with Crippen LogP contribution in [0.25, 0.3) is 93.7 Å². The molecular formula is C46H31N3O. The fourth-order valence-electron chi connectivity index (χ4n) is 6.83. The Balaban J connectivity index is 1.11. The third-order valence-electron chi connectivity index (χ3n) is 9.37. The van der Waals surface area contributed by atoms with Gasteiger partial charge < -0.3 is 4.42 Å². The van der Waals surface area contributed by atoms with Crippen molar-refractivity contribution in [2.75, 3.05) is 0 Å². The van der Waals surface area contributed by atoms with E-state index in [9.17, 15) is 0 Å².